The molecule has 1 aromatic carbocycles. The number of carbonyl (C=O) groups is 1. The van der Waals surface area contributed by atoms with E-state index in [1.807, 2.05) is 26.0 Å². The molecule has 0 unspecified atom stereocenters. The van der Waals surface area contributed by atoms with E-state index in [1.165, 1.54) is 6.20 Å². The maximum Gasteiger partial charge on any atom is 0.257 e. The van der Waals surface area contributed by atoms with Gasteiger partial charge in [-0.3, -0.25) is 4.79 Å². The van der Waals surface area contributed by atoms with Gasteiger partial charge in [0.2, 0.25) is 0 Å². The zero-order valence-corrected chi connectivity index (χ0v) is 13.1. The largest absolute Gasteiger partial charge is 0.496 e. The minimum absolute atomic E-state index is 0.195. The van der Waals surface area contributed by atoms with E-state index in [-0.39, 0.29) is 5.91 Å². The summed E-state index contributed by atoms with van der Waals surface area (Å²) in [6.07, 6.45) is 1.53. The van der Waals surface area contributed by atoms with Crippen molar-refractivity contribution in [3.05, 3.63) is 51.8 Å². The second kappa shape index (κ2) is 6.05. The molecule has 0 radical (unpaired) electrons. The molecule has 0 spiro atoms. The molecule has 104 valence electrons. The Balaban J connectivity index is 2.26. The zero-order chi connectivity index (χ0) is 14.7. The molecule has 5 heteroatoms. The fourth-order valence-corrected chi connectivity index (χ4v) is 2.22. The van der Waals surface area contributed by atoms with Crippen LogP contribution in [-0.2, 0) is 0 Å². The molecule has 20 heavy (non-hydrogen) atoms. The number of nitrogens with one attached hydrogen (secondary N) is 1. The predicted molar refractivity (Wildman–Crippen MR) is 82.4 cm³/mol. The fourth-order valence-electron chi connectivity index (χ4n) is 1.98. The number of methoxy groups -OCH3 is 1. The molecule has 0 fully saturated rings. The number of aromatic nitrogens is 1. The highest BCUT2D eigenvalue weighted by molar-refractivity contribution is 9.10. The lowest BCUT2D eigenvalue weighted by molar-refractivity contribution is 0.102. The maximum atomic E-state index is 12.2. The predicted octanol–water partition coefficient (Wildman–Crippen LogP) is 3.72. The van der Waals surface area contributed by atoms with Gasteiger partial charge in [0.05, 0.1) is 12.7 Å². The quantitative estimate of drug-likeness (QED) is 0.870. The van der Waals surface area contributed by atoms with Crippen LogP contribution in [0.4, 0.5) is 5.69 Å². The van der Waals surface area contributed by atoms with Gasteiger partial charge in [0, 0.05) is 17.4 Å². The number of pyridine rings is 1. The summed E-state index contributed by atoms with van der Waals surface area (Å²) < 4.78 is 6.05. The van der Waals surface area contributed by atoms with E-state index in [1.54, 1.807) is 19.2 Å². The molecule has 0 aliphatic heterocycles. The van der Waals surface area contributed by atoms with Gasteiger partial charge in [-0.1, -0.05) is 6.07 Å². The van der Waals surface area contributed by atoms with Crippen LogP contribution < -0.4 is 10.1 Å². The Morgan fingerprint density at radius 1 is 1.25 bits per heavy atom. The van der Waals surface area contributed by atoms with Gasteiger partial charge in [0.15, 0.2) is 0 Å². The molecular weight excluding hydrogens is 320 g/mol. The Morgan fingerprint density at radius 2 is 2.00 bits per heavy atom. The second-order valence-corrected chi connectivity index (χ2v) is 5.22. The number of amides is 1. The minimum Gasteiger partial charge on any atom is -0.496 e. The molecule has 1 amide bonds. The van der Waals surface area contributed by atoms with E-state index in [2.05, 4.69) is 26.2 Å². The second-order valence-electron chi connectivity index (χ2n) is 4.41. The first-order chi connectivity index (χ1) is 9.52. The van der Waals surface area contributed by atoms with Crippen molar-refractivity contribution >= 4 is 27.5 Å². The minimum atomic E-state index is -0.195. The summed E-state index contributed by atoms with van der Waals surface area (Å²) >= 11 is 3.24. The molecule has 0 atom stereocenters. The van der Waals surface area contributed by atoms with Crippen molar-refractivity contribution in [2.24, 2.45) is 0 Å². The van der Waals surface area contributed by atoms with Gasteiger partial charge in [-0.2, -0.15) is 0 Å². The van der Waals surface area contributed by atoms with Crippen LogP contribution in [0.2, 0.25) is 0 Å². The summed E-state index contributed by atoms with van der Waals surface area (Å²) in [5.41, 5.74) is 3.19. The van der Waals surface area contributed by atoms with Gasteiger partial charge in [-0.25, -0.2) is 4.98 Å². The third-order valence-electron chi connectivity index (χ3n) is 3.04. The van der Waals surface area contributed by atoms with Crippen LogP contribution in [0.25, 0.3) is 0 Å². The highest BCUT2D eigenvalue weighted by Gasteiger charge is 2.12. The van der Waals surface area contributed by atoms with Crippen molar-refractivity contribution in [1.82, 2.24) is 4.98 Å². The lowest BCUT2D eigenvalue weighted by Gasteiger charge is -2.14. The molecule has 1 N–H and O–H groups in total. The molecule has 0 aliphatic carbocycles. The SMILES string of the molecule is COc1c(C)ccc(NC(=O)c2ccc(Br)nc2)c1C. The van der Waals surface area contributed by atoms with Crippen molar-refractivity contribution in [2.45, 2.75) is 13.8 Å². The number of halogens is 1. The smallest absolute Gasteiger partial charge is 0.257 e. The highest BCUT2D eigenvalue weighted by atomic mass is 79.9. The molecule has 0 aliphatic rings. The number of anilines is 1. The third-order valence-corrected chi connectivity index (χ3v) is 3.51. The van der Waals surface area contributed by atoms with Crippen LogP contribution in [0.1, 0.15) is 21.5 Å². The average Bonchev–Trinajstić information content (AvgIpc) is 2.43. The van der Waals surface area contributed by atoms with E-state index in [9.17, 15) is 4.79 Å². The Bertz CT molecular complexity index is 639. The number of benzene rings is 1. The van der Waals surface area contributed by atoms with Gasteiger partial charge < -0.3 is 10.1 Å². The number of hydrogen-bond acceptors (Lipinski definition) is 3. The van der Waals surface area contributed by atoms with Crippen LogP contribution in [0.3, 0.4) is 0 Å². The summed E-state index contributed by atoms with van der Waals surface area (Å²) in [4.78, 5) is 16.2. The normalized spacial score (nSPS) is 10.2. The molecular formula is C15H15BrN2O2. The first kappa shape index (κ1) is 14.5. The first-order valence-electron chi connectivity index (χ1n) is 6.10. The molecule has 0 saturated heterocycles. The summed E-state index contributed by atoms with van der Waals surface area (Å²) in [6.45, 7) is 3.89. The summed E-state index contributed by atoms with van der Waals surface area (Å²) in [6, 6.07) is 7.24. The lowest BCUT2D eigenvalue weighted by Crippen LogP contribution is -2.13. The van der Waals surface area contributed by atoms with Crippen molar-refractivity contribution < 1.29 is 9.53 Å². The van der Waals surface area contributed by atoms with Crippen molar-refractivity contribution in [2.75, 3.05) is 12.4 Å². The third kappa shape index (κ3) is 2.99. The van der Waals surface area contributed by atoms with Crippen LogP contribution in [0.15, 0.2) is 35.1 Å². The van der Waals surface area contributed by atoms with Gasteiger partial charge in [0.1, 0.15) is 10.4 Å². The fraction of sp³-hybridized carbons (Fsp3) is 0.200. The number of aryl methyl sites for hydroxylation is 1. The van der Waals surface area contributed by atoms with Gasteiger partial charge in [0.25, 0.3) is 5.91 Å². The van der Waals surface area contributed by atoms with Gasteiger partial charge in [-0.05, 0) is 53.5 Å². The summed E-state index contributed by atoms with van der Waals surface area (Å²) in [5.74, 6) is 0.593. The van der Waals surface area contributed by atoms with E-state index >= 15 is 0 Å². The highest BCUT2D eigenvalue weighted by Crippen LogP contribution is 2.29. The Hall–Kier alpha value is -1.88. The monoisotopic (exact) mass is 334 g/mol. The lowest BCUT2D eigenvalue weighted by atomic mass is 10.1. The van der Waals surface area contributed by atoms with Crippen LogP contribution in [0.5, 0.6) is 5.75 Å². The molecule has 2 rings (SSSR count). The van der Waals surface area contributed by atoms with E-state index in [4.69, 9.17) is 4.74 Å². The maximum absolute atomic E-state index is 12.2. The van der Waals surface area contributed by atoms with Crippen molar-refractivity contribution in [3.63, 3.8) is 0 Å². The Morgan fingerprint density at radius 3 is 2.60 bits per heavy atom. The summed E-state index contributed by atoms with van der Waals surface area (Å²) in [5, 5.41) is 2.87. The molecule has 0 bridgehead atoms. The number of carbonyl (C=O) groups excluding carboxylic acids is 1. The number of ether oxygens (including phenoxy) is 1. The van der Waals surface area contributed by atoms with Crippen molar-refractivity contribution in [3.8, 4) is 5.75 Å². The number of rotatable bonds is 3. The first-order valence-corrected chi connectivity index (χ1v) is 6.89. The van der Waals surface area contributed by atoms with E-state index < -0.39 is 0 Å². The Labute approximate surface area is 126 Å². The number of hydrogen-bond donors (Lipinski definition) is 1. The number of nitrogens with zero attached hydrogens (tertiary/aromatic N) is 1. The van der Waals surface area contributed by atoms with Gasteiger partial charge >= 0.3 is 0 Å². The van der Waals surface area contributed by atoms with E-state index in [0.717, 1.165) is 22.6 Å². The van der Waals surface area contributed by atoms with Crippen molar-refractivity contribution in [1.29, 1.82) is 0 Å². The standard InChI is InChI=1S/C15H15BrN2O2/c1-9-4-6-12(10(2)14(9)20-3)18-15(19)11-5-7-13(16)17-8-11/h4-8H,1-3H3,(H,18,19). The molecule has 1 heterocycles. The molecule has 0 saturated carbocycles. The summed E-state index contributed by atoms with van der Waals surface area (Å²) in [7, 11) is 1.62. The van der Waals surface area contributed by atoms with Crippen LogP contribution >= 0.6 is 15.9 Å². The molecule has 1 aromatic heterocycles. The van der Waals surface area contributed by atoms with Crippen LogP contribution in [0, 0.1) is 13.8 Å². The molecule has 2 aromatic rings. The van der Waals surface area contributed by atoms with Gasteiger partial charge in [-0.15, -0.1) is 0 Å². The average molecular weight is 335 g/mol. The topological polar surface area (TPSA) is 51.2 Å². The Kier molecular flexibility index (Phi) is 4.39. The van der Waals surface area contributed by atoms with E-state index in [0.29, 0.717) is 10.2 Å². The molecule has 4 nitrogen and oxygen atoms in total. The van der Waals surface area contributed by atoms with Crippen LogP contribution in [-0.4, -0.2) is 18.0 Å². The zero-order valence-electron chi connectivity index (χ0n) is 11.5.